The quantitative estimate of drug-likeness (QED) is 0.226. The van der Waals surface area contributed by atoms with E-state index >= 15 is 0 Å². The molecule has 1 fully saturated rings. The van der Waals surface area contributed by atoms with Gasteiger partial charge in [-0.25, -0.2) is 0 Å². The summed E-state index contributed by atoms with van der Waals surface area (Å²) >= 11 is 0. The summed E-state index contributed by atoms with van der Waals surface area (Å²) in [5.74, 6) is 0.178. The number of aliphatic carboxylic acids is 1. The third kappa shape index (κ3) is 7.97. The number of ether oxygens (including phenoxy) is 1. The fourth-order valence-electron chi connectivity index (χ4n) is 3.85. The third-order valence-corrected chi connectivity index (χ3v) is 11.4. The first-order valence-corrected chi connectivity index (χ1v) is 14.7. The van der Waals surface area contributed by atoms with Crippen molar-refractivity contribution in [2.75, 3.05) is 7.11 Å². The van der Waals surface area contributed by atoms with Crippen LogP contribution in [0.25, 0.3) is 6.08 Å². The van der Waals surface area contributed by atoms with E-state index in [1.807, 2.05) is 36.4 Å². The van der Waals surface area contributed by atoms with E-state index in [9.17, 15) is 9.59 Å². The lowest BCUT2D eigenvalue weighted by Crippen LogP contribution is -2.45. The molecule has 0 aliphatic heterocycles. The van der Waals surface area contributed by atoms with Crippen molar-refractivity contribution < 1.29 is 23.9 Å². The summed E-state index contributed by atoms with van der Waals surface area (Å²) < 4.78 is 12.0. The molecule has 1 saturated carbocycles. The van der Waals surface area contributed by atoms with E-state index < -0.39 is 14.3 Å². The molecule has 0 spiro atoms. The zero-order chi connectivity index (χ0) is 24.6. The number of carbonyl (C=O) groups is 2. The first-order valence-electron chi connectivity index (χ1n) is 11.8. The average Bonchev–Trinajstić information content (AvgIpc) is 3.01. The van der Waals surface area contributed by atoms with Crippen LogP contribution in [0.5, 0.6) is 5.75 Å². The molecule has 6 heteroatoms. The minimum absolute atomic E-state index is 0.0115. The van der Waals surface area contributed by atoms with Crippen molar-refractivity contribution in [2.24, 2.45) is 11.8 Å². The maximum Gasteiger partial charge on any atom is 0.303 e. The van der Waals surface area contributed by atoms with Gasteiger partial charge < -0.3 is 14.3 Å². The maximum absolute atomic E-state index is 13.0. The molecular formula is C27H40O5Si. The molecule has 0 heterocycles. The van der Waals surface area contributed by atoms with Crippen LogP contribution in [0.1, 0.15) is 58.4 Å². The molecule has 1 N–H and O–H groups in total. The molecular weight excluding hydrogens is 432 g/mol. The number of methoxy groups -OCH3 is 1. The van der Waals surface area contributed by atoms with E-state index in [4.69, 9.17) is 14.3 Å². The summed E-state index contributed by atoms with van der Waals surface area (Å²) in [6, 6.07) is 7.88. The first-order chi connectivity index (χ1) is 15.4. The fraction of sp³-hybridized carbons (Fsp3) is 0.556. The number of ketones is 1. The predicted molar refractivity (Wildman–Crippen MR) is 136 cm³/mol. The number of unbranched alkanes of at least 4 members (excludes halogenated alkanes) is 1. The van der Waals surface area contributed by atoms with Crippen LogP contribution in [-0.2, 0) is 14.0 Å². The lowest BCUT2D eigenvalue weighted by Gasteiger charge is -2.39. The summed E-state index contributed by atoms with van der Waals surface area (Å²) in [5.41, 5.74) is 1.06. The van der Waals surface area contributed by atoms with Gasteiger partial charge in [-0.3, -0.25) is 9.59 Å². The zero-order valence-corrected chi connectivity index (χ0v) is 22.0. The molecule has 1 aromatic carbocycles. The van der Waals surface area contributed by atoms with Gasteiger partial charge in [-0.2, -0.15) is 0 Å². The van der Waals surface area contributed by atoms with Gasteiger partial charge in [0.25, 0.3) is 0 Å². The minimum Gasteiger partial charge on any atom is -0.497 e. The Labute approximate surface area is 200 Å². The summed E-state index contributed by atoms with van der Waals surface area (Å²) in [6.45, 7) is 11.1. The van der Waals surface area contributed by atoms with Gasteiger partial charge in [-0.05, 0) is 55.1 Å². The summed E-state index contributed by atoms with van der Waals surface area (Å²) in [6.07, 6.45) is 10.7. The number of hydrogen-bond acceptors (Lipinski definition) is 4. The van der Waals surface area contributed by atoms with Crippen molar-refractivity contribution in [3.63, 3.8) is 0 Å². The van der Waals surface area contributed by atoms with Crippen LogP contribution in [0.15, 0.2) is 42.5 Å². The highest BCUT2D eigenvalue weighted by molar-refractivity contribution is 6.74. The number of rotatable bonds is 11. The van der Waals surface area contributed by atoms with E-state index in [-0.39, 0.29) is 35.2 Å². The predicted octanol–water partition coefficient (Wildman–Crippen LogP) is 6.51. The second-order valence-electron chi connectivity index (χ2n) is 10.4. The van der Waals surface area contributed by atoms with Crippen LogP contribution in [0.4, 0.5) is 0 Å². The van der Waals surface area contributed by atoms with Crippen LogP contribution in [-0.4, -0.2) is 38.4 Å². The van der Waals surface area contributed by atoms with Crippen LogP contribution in [0, 0.1) is 11.8 Å². The molecule has 1 aromatic rings. The van der Waals surface area contributed by atoms with Crippen LogP contribution in [0.3, 0.4) is 0 Å². The Hall–Kier alpha value is -2.18. The smallest absolute Gasteiger partial charge is 0.303 e. The summed E-state index contributed by atoms with van der Waals surface area (Å²) in [4.78, 5) is 23.7. The Morgan fingerprint density at radius 1 is 1.18 bits per heavy atom. The van der Waals surface area contributed by atoms with Gasteiger partial charge in [0.1, 0.15) is 11.5 Å². The van der Waals surface area contributed by atoms with E-state index in [2.05, 4.69) is 46.0 Å². The second kappa shape index (κ2) is 11.8. The minimum atomic E-state index is -2.03. The molecule has 182 valence electrons. The normalized spacial score (nSPS) is 21.9. The molecule has 0 aromatic heterocycles. The zero-order valence-electron chi connectivity index (χ0n) is 21.0. The molecule has 1 aliphatic rings. The standard InChI is InChI=1S/C27H40O5Si/c1-27(2,3)33(5,6)32-25-19-24(28)22(11-9-7-8-10-12-26(29)30)23(25)18-15-20-13-16-21(31-4)17-14-20/h7,9,13-18,22-23,25H,8,10-12,19H2,1-6H3,(H,29,30)/b9-7-,18-15?/t22?,23-,25-/m1/s1. The Morgan fingerprint density at radius 3 is 2.42 bits per heavy atom. The number of carboxylic acid groups (broad SMARTS) is 1. The molecule has 2 rings (SSSR count). The van der Waals surface area contributed by atoms with Gasteiger partial charge in [0.05, 0.1) is 13.2 Å². The molecule has 1 unspecified atom stereocenters. The van der Waals surface area contributed by atoms with E-state index in [1.54, 1.807) is 7.11 Å². The molecule has 3 atom stereocenters. The number of Topliss-reactive ketones (excluding diaryl/α,β-unsaturated/α-hetero) is 1. The molecule has 33 heavy (non-hydrogen) atoms. The highest BCUT2D eigenvalue weighted by atomic mass is 28.4. The number of carbonyl (C=O) groups excluding carboxylic acids is 1. The second-order valence-corrected chi connectivity index (χ2v) is 15.2. The van der Waals surface area contributed by atoms with E-state index in [0.29, 0.717) is 25.7 Å². The molecule has 1 aliphatic carbocycles. The van der Waals surface area contributed by atoms with Crippen LogP contribution >= 0.6 is 0 Å². The highest BCUT2D eigenvalue weighted by Gasteiger charge is 2.46. The third-order valence-electron chi connectivity index (χ3n) is 6.91. The maximum atomic E-state index is 13.0. The Kier molecular flexibility index (Phi) is 9.67. The SMILES string of the molecule is COc1ccc(C=C[C@@H]2C(C/C=C\CCCC(=O)O)C(=O)C[C@H]2O[Si](C)(C)C(C)(C)C)cc1. The number of carboxylic acids is 1. The van der Waals surface area contributed by atoms with Gasteiger partial charge in [0, 0.05) is 24.7 Å². The van der Waals surface area contributed by atoms with Crippen LogP contribution < -0.4 is 4.74 Å². The van der Waals surface area contributed by atoms with Gasteiger partial charge in [-0.15, -0.1) is 0 Å². The van der Waals surface area contributed by atoms with Gasteiger partial charge >= 0.3 is 5.97 Å². The number of benzene rings is 1. The van der Waals surface area contributed by atoms with Crippen molar-refractivity contribution in [1.82, 2.24) is 0 Å². The number of allylic oxidation sites excluding steroid dienone is 2. The fourth-order valence-corrected chi connectivity index (χ4v) is 5.20. The van der Waals surface area contributed by atoms with Gasteiger partial charge in [0.2, 0.25) is 0 Å². The van der Waals surface area contributed by atoms with E-state index in [1.165, 1.54) is 0 Å². The van der Waals surface area contributed by atoms with Crippen molar-refractivity contribution in [1.29, 1.82) is 0 Å². The van der Waals surface area contributed by atoms with Gasteiger partial charge in [-0.1, -0.05) is 57.2 Å². The average molecular weight is 473 g/mol. The highest BCUT2D eigenvalue weighted by Crippen LogP contribution is 2.43. The molecule has 5 nitrogen and oxygen atoms in total. The lowest BCUT2D eigenvalue weighted by molar-refractivity contribution is -0.137. The molecule has 0 amide bonds. The van der Waals surface area contributed by atoms with Crippen LogP contribution in [0.2, 0.25) is 18.1 Å². The number of hydrogen-bond donors (Lipinski definition) is 1. The van der Waals surface area contributed by atoms with Crippen molar-refractivity contribution in [3.05, 3.63) is 48.1 Å². The van der Waals surface area contributed by atoms with Crippen molar-refractivity contribution in [3.8, 4) is 5.75 Å². The molecule has 0 saturated heterocycles. The summed E-state index contributed by atoms with van der Waals surface area (Å²) in [7, 11) is -0.377. The Bertz CT molecular complexity index is 848. The topological polar surface area (TPSA) is 72.8 Å². The molecule has 0 bridgehead atoms. The first kappa shape index (κ1) is 27.1. The monoisotopic (exact) mass is 472 g/mol. The van der Waals surface area contributed by atoms with Crippen molar-refractivity contribution in [2.45, 2.75) is 77.1 Å². The largest absolute Gasteiger partial charge is 0.497 e. The molecule has 0 radical (unpaired) electrons. The van der Waals surface area contributed by atoms with E-state index in [0.717, 1.165) is 11.3 Å². The van der Waals surface area contributed by atoms with Gasteiger partial charge in [0.15, 0.2) is 8.32 Å². The Morgan fingerprint density at radius 2 is 1.85 bits per heavy atom. The van der Waals surface area contributed by atoms with Crippen molar-refractivity contribution >= 4 is 26.1 Å². The summed E-state index contributed by atoms with van der Waals surface area (Å²) in [5, 5.41) is 8.85. The Balaban J connectivity index is 2.19. The lowest BCUT2D eigenvalue weighted by atomic mass is 9.90.